The predicted molar refractivity (Wildman–Crippen MR) is 75.6 cm³/mol. The molecule has 1 fully saturated rings. The van der Waals surface area contributed by atoms with Crippen molar-refractivity contribution in [1.29, 1.82) is 0 Å². The number of hydrogen-bond acceptors (Lipinski definition) is 0. The van der Waals surface area contributed by atoms with Crippen LogP contribution in [0.25, 0.3) is 0 Å². The second-order valence-electron chi connectivity index (χ2n) is 5.01. The molecular weight excluding hydrogens is 352 g/mol. The molecule has 2 aliphatic rings. The molecule has 0 heterocycles. The lowest BCUT2D eigenvalue weighted by Crippen LogP contribution is -2.19. The smallest absolute Gasteiger partial charge is 0.170 e. The first kappa shape index (κ1) is 14.2. The molecule has 0 aromatic heterocycles. The fourth-order valence-corrected chi connectivity index (χ4v) is 3.46. The third-order valence-corrected chi connectivity index (χ3v) is 4.94. The summed E-state index contributed by atoms with van der Waals surface area (Å²) < 4.78 is 39.5. The molecule has 0 nitrogen and oxygen atoms in total. The molecule has 100 valence electrons. The standard InChI is InChI=1S/C14H16F3I/c15-14(16,17)13-4-2-1-3-11(8-13)12-6-5-10(7-12)9-18/h1-4,8,10,12-13H,5-7,9H2. The van der Waals surface area contributed by atoms with E-state index in [4.69, 9.17) is 0 Å². The summed E-state index contributed by atoms with van der Waals surface area (Å²) in [7, 11) is 0. The van der Waals surface area contributed by atoms with E-state index in [0.717, 1.165) is 29.3 Å². The number of halogens is 4. The number of hydrogen-bond donors (Lipinski definition) is 0. The number of allylic oxidation sites excluding steroid dienone is 6. The zero-order chi connectivity index (χ0) is 13.2. The van der Waals surface area contributed by atoms with Crippen molar-refractivity contribution in [2.75, 3.05) is 4.43 Å². The van der Waals surface area contributed by atoms with E-state index in [1.807, 2.05) is 6.08 Å². The van der Waals surface area contributed by atoms with E-state index in [1.165, 1.54) is 18.2 Å². The highest BCUT2D eigenvalue weighted by atomic mass is 127. The van der Waals surface area contributed by atoms with Crippen LogP contribution in [0.3, 0.4) is 0 Å². The van der Waals surface area contributed by atoms with Crippen LogP contribution in [0.2, 0.25) is 0 Å². The highest BCUT2D eigenvalue weighted by molar-refractivity contribution is 14.1. The zero-order valence-corrected chi connectivity index (χ0v) is 12.1. The van der Waals surface area contributed by atoms with Gasteiger partial charge in [-0.2, -0.15) is 13.2 Å². The normalized spacial score (nSPS) is 32.4. The van der Waals surface area contributed by atoms with Crippen LogP contribution in [0, 0.1) is 17.8 Å². The molecule has 2 rings (SSSR count). The molecular formula is C14H16F3I. The van der Waals surface area contributed by atoms with Crippen molar-refractivity contribution >= 4 is 22.6 Å². The van der Waals surface area contributed by atoms with Crippen molar-refractivity contribution in [3.8, 4) is 0 Å². The highest BCUT2D eigenvalue weighted by Crippen LogP contribution is 2.39. The van der Waals surface area contributed by atoms with Crippen molar-refractivity contribution in [2.45, 2.75) is 25.4 Å². The molecule has 2 aliphatic carbocycles. The van der Waals surface area contributed by atoms with Crippen LogP contribution < -0.4 is 0 Å². The number of rotatable bonds is 2. The molecule has 0 aromatic rings. The number of alkyl halides is 4. The van der Waals surface area contributed by atoms with Gasteiger partial charge in [-0.05, 0) is 36.7 Å². The first-order valence-electron chi connectivity index (χ1n) is 6.20. The summed E-state index contributed by atoms with van der Waals surface area (Å²) in [6.07, 6.45) is 6.74. The van der Waals surface area contributed by atoms with Gasteiger partial charge in [0, 0.05) is 4.43 Å². The predicted octanol–water partition coefficient (Wildman–Crippen LogP) is 5.07. The second-order valence-corrected chi connectivity index (χ2v) is 5.89. The van der Waals surface area contributed by atoms with Crippen LogP contribution in [0.15, 0.2) is 36.0 Å². The van der Waals surface area contributed by atoms with Gasteiger partial charge >= 0.3 is 6.18 Å². The summed E-state index contributed by atoms with van der Waals surface area (Å²) in [5.74, 6) is -0.447. The maximum absolute atomic E-state index is 12.8. The van der Waals surface area contributed by atoms with E-state index in [-0.39, 0.29) is 0 Å². The van der Waals surface area contributed by atoms with Gasteiger partial charge < -0.3 is 0 Å². The van der Waals surface area contributed by atoms with Gasteiger partial charge in [-0.1, -0.05) is 53.0 Å². The van der Waals surface area contributed by atoms with Crippen LogP contribution >= 0.6 is 22.6 Å². The van der Waals surface area contributed by atoms with Gasteiger partial charge in [0.1, 0.15) is 0 Å². The third kappa shape index (κ3) is 3.39. The Labute approximate surface area is 119 Å². The molecule has 0 bridgehead atoms. The molecule has 0 aromatic carbocycles. The Morgan fingerprint density at radius 3 is 2.61 bits per heavy atom. The molecule has 0 spiro atoms. The van der Waals surface area contributed by atoms with Crippen molar-refractivity contribution in [3.63, 3.8) is 0 Å². The van der Waals surface area contributed by atoms with Crippen LogP contribution in [0.1, 0.15) is 19.3 Å². The first-order chi connectivity index (χ1) is 8.50. The van der Waals surface area contributed by atoms with Crippen molar-refractivity contribution < 1.29 is 13.2 Å². The fourth-order valence-electron chi connectivity index (χ4n) is 2.66. The van der Waals surface area contributed by atoms with Crippen LogP contribution in [-0.4, -0.2) is 10.6 Å². The van der Waals surface area contributed by atoms with Crippen molar-refractivity contribution in [2.24, 2.45) is 17.8 Å². The van der Waals surface area contributed by atoms with Crippen molar-refractivity contribution in [1.82, 2.24) is 0 Å². The van der Waals surface area contributed by atoms with E-state index >= 15 is 0 Å². The van der Waals surface area contributed by atoms with Crippen LogP contribution in [-0.2, 0) is 0 Å². The average molecular weight is 368 g/mol. The lowest BCUT2D eigenvalue weighted by atomic mass is 9.93. The molecule has 18 heavy (non-hydrogen) atoms. The Morgan fingerprint density at radius 2 is 2.00 bits per heavy atom. The first-order valence-corrected chi connectivity index (χ1v) is 7.72. The minimum absolute atomic E-state index is 0.311. The molecule has 4 heteroatoms. The molecule has 3 unspecified atom stereocenters. The summed E-state index contributed by atoms with van der Waals surface area (Å²) in [6, 6.07) is 0. The molecule has 1 saturated carbocycles. The lowest BCUT2D eigenvalue weighted by Gasteiger charge is -2.16. The van der Waals surface area contributed by atoms with Crippen LogP contribution in [0.4, 0.5) is 13.2 Å². The molecule has 0 aliphatic heterocycles. The Kier molecular flexibility index (Phi) is 4.56. The van der Waals surface area contributed by atoms with Crippen LogP contribution in [0.5, 0.6) is 0 Å². The van der Waals surface area contributed by atoms with E-state index < -0.39 is 12.1 Å². The topological polar surface area (TPSA) is 0 Å². The average Bonchev–Trinajstić information content (AvgIpc) is 2.64. The van der Waals surface area contributed by atoms with E-state index in [9.17, 15) is 13.2 Å². The molecule has 0 amide bonds. The minimum atomic E-state index is -4.17. The molecule has 0 saturated heterocycles. The summed E-state index contributed by atoms with van der Waals surface area (Å²) in [5.41, 5.74) is 0.870. The van der Waals surface area contributed by atoms with Gasteiger partial charge in [0.05, 0.1) is 5.92 Å². The highest BCUT2D eigenvalue weighted by Gasteiger charge is 2.37. The molecule has 3 atom stereocenters. The quantitative estimate of drug-likeness (QED) is 0.472. The Bertz CT molecular complexity index is 379. The summed E-state index contributed by atoms with van der Waals surface area (Å²) in [4.78, 5) is 0. The van der Waals surface area contributed by atoms with Gasteiger partial charge in [0.15, 0.2) is 0 Å². The monoisotopic (exact) mass is 368 g/mol. The van der Waals surface area contributed by atoms with Gasteiger partial charge in [-0.15, -0.1) is 0 Å². The van der Waals surface area contributed by atoms with Gasteiger partial charge in [0.25, 0.3) is 0 Å². The summed E-state index contributed by atoms with van der Waals surface area (Å²) >= 11 is 2.37. The maximum atomic E-state index is 12.8. The lowest BCUT2D eigenvalue weighted by molar-refractivity contribution is -0.148. The molecule has 0 N–H and O–H groups in total. The van der Waals surface area contributed by atoms with Gasteiger partial charge in [-0.25, -0.2) is 0 Å². The Balaban J connectivity index is 2.14. The van der Waals surface area contributed by atoms with E-state index in [0.29, 0.717) is 11.8 Å². The maximum Gasteiger partial charge on any atom is 0.398 e. The zero-order valence-electron chi connectivity index (χ0n) is 9.96. The fraction of sp³-hybridized carbons (Fsp3) is 0.571. The Hall–Kier alpha value is -0.260. The van der Waals surface area contributed by atoms with Gasteiger partial charge in [0.2, 0.25) is 0 Å². The van der Waals surface area contributed by atoms with E-state index in [2.05, 4.69) is 22.6 Å². The minimum Gasteiger partial charge on any atom is -0.170 e. The summed E-state index contributed by atoms with van der Waals surface area (Å²) in [6.45, 7) is 0. The third-order valence-electron chi connectivity index (χ3n) is 3.70. The second kappa shape index (κ2) is 5.80. The van der Waals surface area contributed by atoms with Gasteiger partial charge in [-0.3, -0.25) is 0 Å². The van der Waals surface area contributed by atoms with Crippen molar-refractivity contribution in [3.05, 3.63) is 36.0 Å². The largest absolute Gasteiger partial charge is 0.398 e. The SMILES string of the molecule is FC(F)(F)C1C=CC=CC(C2CCC(CI)C2)=C1. The van der Waals surface area contributed by atoms with E-state index in [1.54, 1.807) is 6.08 Å². The Morgan fingerprint density at radius 1 is 1.22 bits per heavy atom. The molecule has 0 radical (unpaired) electrons. The summed E-state index contributed by atoms with van der Waals surface area (Å²) in [5, 5.41) is 0.